The van der Waals surface area contributed by atoms with Gasteiger partial charge in [0.15, 0.2) is 0 Å². The molecule has 1 aromatic heterocycles. The van der Waals surface area contributed by atoms with Crippen molar-refractivity contribution in [2.45, 2.75) is 25.4 Å². The van der Waals surface area contributed by atoms with Gasteiger partial charge in [-0.3, -0.25) is 4.98 Å². The largest absolute Gasteiger partial charge is 0.378 e. The van der Waals surface area contributed by atoms with Crippen molar-refractivity contribution < 1.29 is 4.74 Å². The summed E-state index contributed by atoms with van der Waals surface area (Å²) in [5.41, 5.74) is 1.86. The van der Waals surface area contributed by atoms with Crippen LogP contribution in [0.15, 0.2) is 30.5 Å². The lowest BCUT2D eigenvalue weighted by Crippen LogP contribution is -2.13. The highest BCUT2D eigenvalue weighted by atomic mass is 16.5. The molecule has 94 valence electrons. The zero-order chi connectivity index (χ0) is 12.2. The molecule has 3 rings (SSSR count). The highest BCUT2D eigenvalue weighted by molar-refractivity contribution is 5.75. The van der Waals surface area contributed by atoms with Crippen molar-refractivity contribution in [3.8, 4) is 0 Å². The Balaban J connectivity index is 1.60. The molecule has 0 amide bonds. The Morgan fingerprint density at radius 1 is 1.28 bits per heavy atom. The molecule has 2 aromatic rings. The maximum absolute atomic E-state index is 5.59. The average molecular weight is 243 g/mol. The van der Waals surface area contributed by atoms with Crippen molar-refractivity contribution in [3.05, 3.63) is 30.5 Å². The van der Waals surface area contributed by atoms with Crippen molar-refractivity contribution in [2.24, 2.45) is 0 Å². The Kier molecular flexibility index (Phi) is 3.37. The lowest BCUT2D eigenvalue weighted by Gasteiger charge is -2.10. The molecule has 1 unspecified atom stereocenters. The summed E-state index contributed by atoms with van der Waals surface area (Å²) in [7, 11) is 0. The predicted molar refractivity (Wildman–Crippen MR) is 71.6 cm³/mol. The highest BCUT2D eigenvalue weighted by Crippen LogP contribution is 2.16. The Bertz CT molecular complexity index is 523. The molecular weight excluding hydrogens is 226 g/mol. The molecule has 1 aromatic carbocycles. The smallest absolute Gasteiger partial charge is 0.145 e. The third-order valence-corrected chi connectivity index (χ3v) is 3.24. The van der Waals surface area contributed by atoms with Gasteiger partial charge in [0.05, 0.1) is 23.3 Å². The van der Waals surface area contributed by atoms with E-state index in [9.17, 15) is 0 Å². The van der Waals surface area contributed by atoms with Gasteiger partial charge >= 0.3 is 0 Å². The zero-order valence-corrected chi connectivity index (χ0v) is 10.3. The molecular formula is C14H17N3O. The summed E-state index contributed by atoms with van der Waals surface area (Å²) < 4.78 is 5.59. The summed E-state index contributed by atoms with van der Waals surface area (Å²) in [5.74, 6) is 0.840. The van der Waals surface area contributed by atoms with Gasteiger partial charge in [0.2, 0.25) is 0 Å². The van der Waals surface area contributed by atoms with E-state index in [-0.39, 0.29) is 0 Å². The van der Waals surface area contributed by atoms with Crippen LogP contribution >= 0.6 is 0 Å². The van der Waals surface area contributed by atoms with Gasteiger partial charge in [-0.05, 0) is 31.4 Å². The van der Waals surface area contributed by atoms with Crippen molar-refractivity contribution >= 4 is 16.9 Å². The highest BCUT2D eigenvalue weighted by Gasteiger charge is 2.14. The number of ether oxygens (including phenoxy) is 1. The van der Waals surface area contributed by atoms with Gasteiger partial charge in [-0.1, -0.05) is 12.1 Å². The van der Waals surface area contributed by atoms with E-state index in [1.807, 2.05) is 24.3 Å². The van der Waals surface area contributed by atoms with Gasteiger partial charge in [0.25, 0.3) is 0 Å². The van der Waals surface area contributed by atoms with Crippen LogP contribution in [0.5, 0.6) is 0 Å². The molecule has 0 bridgehead atoms. The molecule has 0 saturated carbocycles. The van der Waals surface area contributed by atoms with Crippen LogP contribution in [-0.2, 0) is 4.74 Å². The Morgan fingerprint density at radius 2 is 2.17 bits per heavy atom. The third-order valence-electron chi connectivity index (χ3n) is 3.24. The van der Waals surface area contributed by atoms with E-state index in [1.165, 1.54) is 12.8 Å². The minimum atomic E-state index is 0.422. The van der Waals surface area contributed by atoms with Crippen LogP contribution in [0.1, 0.15) is 19.3 Å². The van der Waals surface area contributed by atoms with Crippen molar-refractivity contribution in [1.29, 1.82) is 0 Å². The fourth-order valence-corrected chi connectivity index (χ4v) is 2.28. The van der Waals surface area contributed by atoms with Crippen LogP contribution in [0.25, 0.3) is 11.0 Å². The normalized spacial score (nSPS) is 19.2. The molecule has 1 atom stereocenters. The minimum Gasteiger partial charge on any atom is -0.378 e. The number of para-hydroxylation sites is 2. The number of hydrogen-bond donors (Lipinski definition) is 1. The first kappa shape index (κ1) is 11.4. The Hall–Kier alpha value is -1.68. The summed E-state index contributed by atoms with van der Waals surface area (Å²) in [6.45, 7) is 1.80. The lowest BCUT2D eigenvalue weighted by atomic mass is 10.2. The standard InChI is InChI=1S/C14H17N3O/c1-2-6-13-12(5-1)16-10-14(17-13)15-8-7-11-4-3-9-18-11/h1-2,5-6,10-11H,3-4,7-9H2,(H,15,17). The second-order valence-electron chi connectivity index (χ2n) is 4.59. The molecule has 1 fully saturated rings. The summed E-state index contributed by atoms with van der Waals surface area (Å²) in [6, 6.07) is 7.90. The van der Waals surface area contributed by atoms with Crippen LogP contribution < -0.4 is 5.32 Å². The molecule has 4 nitrogen and oxygen atoms in total. The van der Waals surface area contributed by atoms with Gasteiger partial charge in [-0.2, -0.15) is 0 Å². The lowest BCUT2D eigenvalue weighted by molar-refractivity contribution is 0.107. The number of benzene rings is 1. The van der Waals surface area contributed by atoms with E-state index >= 15 is 0 Å². The van der Waals surface area contributed by atoms with E-state index in [4.69, 9.17) is 4.74 Å². The first-order valence-electron chi connectivity index (χ1n) is 6.49. The number of hydrogen-bond acceptors (Lipinski definition) is 4. The quantitative estimate of drug-likeness (QED) is 0.896. The van der Waals surface area contributed by atoms with Crippen LogP contribution in [0.4, 0.5) is 5.82 Å². The van der Waals surface area contributed by atoms with Gasteiger partial charge in [0.1, 0.15) is 5.82 Å². The Labute approximate surface area is 106 Å². The minimum absolute atomic E-state index is 0.422. The molecule has 0 radical (unpaired) electrons. The number of anilines is 1. The first-order chi connectivity index (χ1) is 8.92. The van der Waals surface area contributed by atoms with E-state index in [0.29, 0.717) is 6.10 Å². The van der Waals surface area contributed by atoms with E-state index in [1.54, 1.807) is 6.20 Å². The summed E-state index contributed by atoms with van der Waals surface area (Å²) >= 11 is 0. The predicted octanol–water partition coefficient (Wildman–Crippen LogP) is 2.61. The fourth-order valence-electron chi connectivity index (χ4n) is 2.28. The van der Waals surface area contributed by atoms with E-state index in [0.717, 1.165) is 36.4 Å². The van der Waals surface area contributed by atoms with Crippen LogP contribution in [-0.4, -0.2) is 29.2 Å². The topological polar surface area (TPSA) is 47.0 Å². The molecule has 1 N–H and O–H groups in total. The molecule has 1 aliphatic heterocycles. The van der Waals surface area contributed by atoms with Gasteiger partial charge in [-0.15, -0.1) is 0 Å². The number of aromatic nitrogens is 2. The zero-order valence-electron chi connectivity index (χ0n) is 10.3. The second-order valence-corrected chi connectivity index (χ2v) is 4.59. The van der Waals surface area contributed by atoms with Crippen molar-refractivity contribution in [2.75, 3.05) is 18.5 Å². The van der Waals surface area contributed by atoms with Crippen LogP contribution in [0.3, 0.4) is 0 Å². The summed E-state index contributed by atoms with van der Waals surface area (Å²) in [6.07, 6.45) is 5.63. The maximum Gasteiger partial charge on any atom is 0.145 e. The van der Waals surface area contributed by atoms with Crippen LogP contribution in [0, 0.1) is 0 Å². The Morgan fingerprint density at radius 3 is 3.00 bits per heavy atom. The summed E-state index contributed by atoms with van der Waals surface area (Å²) in [4.78, 5) is 8.90. The van der Waals surface area contributed by atoms with Crippen molar-refractivity contribution in [1.82, 2.24) is 9.97 Å². The fraction of sp³-hybridized carbons (Fsp3) is 0.429. The number of nitrogens with zero attached hydrogens (tertiary/aromatic N) is 2. The second kappa shape index (κ2) is 5.31. The number of nitrogens with one attached hydrogen (secondary N) is 1. The first-order valence-corrected chi connectivity index (χ1v) is 6.49. The average Bonchev–Trinajstić information content (AvgIpc) is 2.92. The number of fused-ring (bicyclic) bond motifs is 1. The van der Waals surface area contributed by atoms with Gasteiger partial charge in [-0.25, -0.2) is 4.98 Å². The molecule has 0 aliphatic carbocycles. The molecule has 1 aliphatic rings. The SMILES string of the molecule is c1ccc2nc(NCCC3CCCO3)cnc2c1. The maximum atomic E-state index is 5.59. The van der Waals surface area contributed by atoms with Crippen LogP contribution in [0.2, 0.25) is 0 Å². The third kappa shape index (κ3) is 2.59. The molecule has 4 heteroatoms. The van der Waals surface area contributed by atoms with Gasteiger partial charge in [0, 0.05) is 13.2 Å². The summed E-state index contributed by atoms with van der Waals surface area (Å²) in [5, 5.41) is 3.31. The molecule has 0 spiro atoms. The molecule has 18 heavy (non-hydrogen) atoms. The van der Waals surface area contributed by atoms with Crippen molar-refractivity contribution in [3.63, 3.8) is 0 Å². The van der Waals surface area contributed by atoms with Gasteiger partial charge < -0.3 is 10.1 Å². The number of rotatable bonds is 4. The van der Waals surface area contributed by atoms with E-state index in [2.05, 4.69) is 15.3 Å². The molecule has 1 saturated heterocycles. The molecule has 2 heterocycles. The monoisotopic (exact) mass is 243 g/mol. The van der Waals surface area contributed by atoms with E-state index < -0.39 is 0 Å².